The maximum atomic E-state index is 3.41. The molecule has 0 aromatic heterocycles. The minimum atomic E-state index is 0.274. The van der Waals surface area contributed by atoms with Gasteiger partial charge in [0.25, 0.3) is 0 Å². The van der Waals surface area contributed by atoms with Gasteiger partial charge in [-0.15, -0.1) is 0 Å². The third-order valence-electron chi connectivity index (χ3n) is 0.688. The topological polar surface area (TPSA) is 12.0 Å². The Labute approximate surface area is 60.4 Å². The van der Waals surface area contributed by atoms with Crippen LogP contribution in [0.4, 0.5) is 0 Å². The highest BCUT2D eigenvalue weighted by molar-refractivity contribution is 6.51. The van der Waals surface area contributed by atoms with Crippen LogP contribution < -0.4 is 4.98 Å². The van der Waals surface area contributed by atoms with Crippen molar-refractivity contribution in [3.63, 3.8) is 0 Å². The Hall–Kier alpha value is -0.113. The first kappa shape index (κ1) is 8.89. The summed E-state index contributed by atoms with van der Waals surface area (Å²) in [7, 11) is 0.807. The van der Waals surface area contributed by atoms with Crippen LogP contribution >= 0.6 is 0 Å². The highest BCUT2D eigenvalue weighted by Gasteiger charge is 2.04. The molecule has 1 radical (unpaired) electrons. The maximum absolute atomic E-state index is 3.41. The van der Waals surface area contributed by atoms with E-state index < -0.39 is 0 Å². The van der Waals surface area contributed by atoms with Crippen LogP contribution in [0.15, 0.2) is 0 Å². The number of hydrogen-bond acceptors (Lipinski definition) is 1. The molecule has 9 heavy (non-hydrogen) atoms. The van der Waals surface area contributed by atoms with E-state index >= 15 is 0 Å². The summed E-state index contributed by atoms with van der Waals surface area (Å²) in [6.45, 7) is 10.9. The number of nitrogens with one attached hydrogen (secondary N) is 1. The summed E-state index contributed by atoms with van der Waals surface area (Å²) < 4.78 is 0. The van der Waals surface area contributed by atoms with Crippen molar-refractivity contribution in [3.05, 3.63) is 0 Å². The van der Waals surface area contributed by atoms with Crippen molar-refractivity contribution in [1.82, 2.24) is 4.98 Å². The molecule has 0 aliphatic carbocycles. The van der Waals surface area contributed by atoms with Gasteiger partial charge >= 0.3 is 0 Å². The van der Waals surface area contributed by atoms with Crippen LogP contribution in [0.2, 0.25) is 0 Å². The second-order valence-electron chi connectivity index (χ2n) is 3.50. The molecule has 1 N–H and O–H groups in total. The molecule has 0 saturated heterocycles. The third kappa shape index (κ3) is 7.89. The number of hydrogen-bond donors (Lipinski definition) is 1. The smallest absolute Gasteiger partial charge is 0.151 e. The maximum Gasteiger partial charge on any atom is 0.151 e. The Morgan fingerprint density at radius 3 is 1.78 bits per heavy atom. The molecule has 2 heteroatoms. The summed E-state index contributed by atoms with van der Waals surface area (Å²) in [5, 5.41) is 1.46. The van der Waals surface area contributed by atoms with Crippen molar-refractivity contribution in [1.29, 1.82) is 0 Å². The Balaban J connectivity index is 3.64. The first-order chi connectivity index (χ1) is 3.92. The lowest BCUT2D eigenvalue weighted by molar-refractivity contribution is 0.527. The standard InChI is InChI=1S/C7H16NSi/c1-6(2)9-8-7(3,4)5/h8H,1-5H3. The van der Waals surface area contributed by atoms with Crippen LogP contribution in [-0.4, -0.2) is 20.0 Å². The molecule has 0 atom stereocenters. The van der Waals surface area contributed by atoms with Gasteiger partial charge in [0.15, 0.2) is 9.29 Å². The van der Waals surface area contributed by atoms with Gasteiger partial charge in [0, 0.05) is 5.54 Å². The van der Waals surface area contributed by atoms with E-state index in [0.29, 0.717) is 0 Å². The Morgan fingerprint density at radius 1 is 1.22 bits per heavy atom. The monoisotopic (exact) mass is 142 g/mol. The fraction of sp³-hybridized carbons (Fsp3) is 0.857. The van der Waals surface area contributed by atoms with E-state index in [-0.39, 0.29) is 5.54 Å². The van der Waals surface area contributed by atoms with Crippen molar-refractivity contribution in [2.24, 2.45) is 0 Å². The quantitative estimate of drug-likeness (QED) is 0.543. The van der Waals surface area contributed by atoms with Crippen molar-refractivity contribution in [3.8, 4) is 0 Å². The predicted octanol–water partition coefficient (Wildman–Crippen LogP) is 1.21. The molecule has 0 spiro atoms. The fourth-order valence-electron chi connectivity index (χ4n) is 0.312. The fourth-order valence-corrected chi connectivity index (χ4v) is 0.938. The van der Waals surface area contributed by atoms with Crippen LogP contribution in [-0.2, 0) is 0 Å². The minimum absolute atomic E-state index is 0.274. The van der Waals surface area contributed by atoms with Gasteiger partial charge in [-0.1, -0.05) is 5.17 Å². The zero-order chi connectivity index (χ0) is 7.49. The van der Waals surface area contributed by atoms with Crippen molar-refractivity contribution in [2.45, 2.75) is 40.2 Å². The summed E-state index contributed by atoms with van der Waals surface area (Å²) in [5.74, 6) is 0. The third-order valence-corrected chi connectivity index (χ3v) is 2.06. The molecular formula is C7H16NSi. The van der Waals surface area contributed by atoms with Gasteiger partial charge in [0.1, 0.15) is 0 Å². The van der Waals surface area contributed by atoms with Crippen LogP contribution in [0.1, 0.15) is 34.6 Å². The first-order valence-electron chi connectivity index (χ1n) is 3.25. The van der Waals surface area contributed by atoms with E-state index in [4.69, 9.17) is 0 Å². The molecule has 0 fully saturated rings. The molecule has 0 unspecified atom stereocenters. The molecule has 0 heterocycles. The van der Waals surface area contributed by atoms with Crippen LogP contribution in [0.3, 0.4) is 0 Å². The van der Waals surface area contributed by atoms with Crippen LogP contribution in [0.5, 0.6) is 0 Å². The average Bonchev–Trinajstić information content (AvgIpc) is 1.59. The van der Waals surface area contributed by atoms with Crippen molar-refractivity contribution in [2.75, 3.05) is 0 Å². The lowest BCUT2D eigenvalue weighted by atomic mass is 10.1. The molecule has 0 aliphatic heterocycles. The Kier molecular flexibility index (Phi) is 3.12. The Bertz CT molecular complexity index is 107. The lowest BCUT2D eigenvalue weighted by Crippen LogP contribution is -2.37. The van der Waals surface area contributed by atoms with E-state index in [0.717, 1.165) is 9.29 Å². The predicted molar refractivity (Wildman–Crippen MR) is 45.0 cm³/mol. The first-order valence-corrected chi connectivity index (χ1v) is 4.25. The van der Waals surface area contributed by atoms with Gasteiger partial charge in [-0.2, -0.15) is 0 Å². The molecule has 0 saturated carbocycles. The Morgan fingerprint density at radius 2 is 1.67 bits per heavy atom. The van der Waals surface area contributed by atoms with Crippen molar-refractivity contribution >= 4 is 14.5 Å². The normalized spacial score (nSPS) is 10.8. The zero-order valence-corrected chi connectivity index (χ0v) is 8.00. The summed E-state index contributed by atoms with van der Waals surface area (Å²) in [6, 6.07) is 0. The van der Waals surface area contributed by atoms with Gasteiger partial charge in [-0.05, 0) is 34.6 Å². The second kappa shape index (κ2) is 3.16. The lowest BCUT2D eigenvalue weighted by Gasteiger charge is -2.18. The highest BCUT2D eigenvalue weighted by atomic mass is 28.2. The molecule has 0 aromatic rings. The molecule has 1 nitrogen and oxygen atoms in total. The largest absolute Gasteiger partial charge is 0.415 e. The molecule has 0 amide bonds. The summed E-state index contributed by atoms with van der Waals surface area (Å²) >= 11 is 0. The number of rotatable bonds is 1. The van der Waals surface area contributed by atoms with E-state index in [9.17, 15) is 0 Å². The average molecular weight is 142 g/mol. The summed E-state index contributed by atoms with van der Waals surface area (Å²) in [5.41, 5.74) is 0.274. The van der Waals surface area contributed by atoms with Gasteiger partial charge < -0.3 is 4.98 Å². The second-order valence-corrected chi connectivity index (χ2v) is 5.00. The summed E-state index contributed by atoms with van der Waals surface area (Å²) in [6.07, 6.45) is 0. The highest BCUT2D eigenvalue weighted by Crippen LogP contribution is 1.94. The van der Waals surface area contributed by atoms with E-state index in [1.54, 1.807) is 0 Å². The SMILES string of the molecule is CC(C)=[Si]NC(C)(C)C. The van der Waals surface area contributed by atoms with E-state index in [1.165, 1.54) is 5.17 Å². The zero-order valence-electron chi connectivity index (χ0n) is 7.00. The van der Waals surface area contributed by atoms with E-state index in [2.05, 4.69) is 39.6 Å². The minimum Gasteiger partial charge on any atom is -0.415 e. The molecular weight excluding hydrogens is 126 g/mol. The molecule has 0 aromatic carbocycles. The van der Waals surface area contributed by atoms with Crippen LogP contribution in [0, 0.1) is 0 Å². The van der Waals surface area contributed by atoms with E-state index in [1.807, 2.05) is 0 Å². The van der Waals surface area contributed by atoms with Gasteiger partial charge in [-0.3, -0.25) is 0 Å². The molecule has 0 bridgehead atoms. The van der Waals surface area contributed by atoms with Gasteiger partial charge in [0.2, 0.25) is 0 Å². The molecule has 0 rings (SSSR count). The van der Waals surface area contributed by atoms with Crippen molar-refractivity contribution < 1.29 is 0 Å². The summed E-state index contributed by atoms with van der Waals surface area (Å²) in [4.78, 5) is 3.41. The van der Waals surface area contributed by atoms with Gasteiger partial charge in [-0.25, -0.2) is 0 Å². The van der Waals surface area contributed by atoms with Gasteiger partial charge in [0.05, 0.1) is 0 Å². The molecule has 0 aliphatic rings. The van der Waals surface area contributed by atoms with Crippen LogP contribution in [0.25, 0.3) is 0 Å². The molecule has 53 valence electrons.